The summed E-state index contributed by atoms with van der Waals surface area (Å²) in [5.41, 5.74) is 2.22. The lowest BCUT2D eigenvalue weighted by atomic mass is 10.00. The Labute approximate surface area is 125 Å². The molecule has 0 radical (unpaired) electrons. The van der Waals surface area contributed by atoms with Gasteiger partial charge >= 0.3 is 0 Å². The molecule has 2 aromatic rings. The van der Waals surface area contributed by atoms with E-state index in [0.29, 0.717) is 6.61 Å². The molecule has 2 atom stereocenters. The van der Waals surface area contributed by atoms with E-state index in [1.165, 1.54) is 5.56 Å². The first-order valence-corrected chi connectivity index (χ1v) is 7.43. The van der Waals surface area contributed by atoms with Crippen LogP contribution in [0, 0.1) is 0 Å². The SMILES string of the molecule is O[C@@H](c1ccccc1)C1COCCN1Cc1ccccc1. The minimum Gasteiger partial charge on any atom is -0.387 e. The largest absolute Gasteiger partial charge is 0.387 e. The number of hydrogen-bond donors (Lipinski definition) is 1. The van der Waals surface area contributed by atoms with Crippen LogP contribution in [0.4, 0.5) is 0 Å². The molecule has 110 valence electrons. The van der Waals surface area contributed by atoms with Gasteiger partial charge in [0.1, 0.15) is 0 Å². The second kappa shape index (κ2) is 6.85. The molecule has 1 aliphatic rings. The van der Waals surface area contributed by atoms with E-state index >= 15 is 0 Å². The van der Waals surface area contributed by atoms with Crippen LogP contribution < -0.4 is 0 Å². The molecule has 2 aromatic carbocycles. The van der Waals surface area contributed by atoms with Gasteiger partial charge in [0.2, 0.25) is 0 Å². The molecule has 0 amide bonds. The average Bonchev–Trinajstić information content (AvgIpc) is 2.56. The molecule has 1 unspecified atom stereocenters. The molecular weight excluding hydrogens is 262 g/mol. The minimum atomic E-state index is -0.518. The molecule has 0 saturated carbocycles. The van der Waals surface area contributed by atoms with Crippen LogP contribution in [0.2, 0.25) is 0 Å². The molecule has 0 bridgehead atoms. The summed E-state index contributed by atoms with van der Waals surface area (Å²) >= 11 is 0. The van der Waals surface area contributed by atoms with Crippen LogP contribution in [0.3, 0.4) is 0 Å². The third-order valence-corrected chi connectivity index (χ3v) is 4.01. The highest BCUT2D eigenvalue weighted by molar-refractivity contribution is 5.20. The quantitative estimate of drug-likeness (QED) is 0.936. The Kier molecular flexibility index (Phi) is 4.65. The number of ether oxygens (including phenoxy) is 1. The molecule has 1 fully saturated rings. The number of hydrogen-bond acceptors (Lipinski definition) is 3. The fourth-order valence-electron chi connectivity index (χ4n) is 2.83. The zero-order valence-corrected chi connectivity index (χ0v) is 12.1. The van der Waals surface area contributed by atoms with Crippen molar-refractivity contribution in [3.63, 3.8) is 0 Å². The molecule has 3 nitrogen and oxygen atoms in total. The first kappa shape index (κ1) is 14.3. The summed E-state index contributed by atoms with van der Waals surface area (Å²) in [5.74, 6) is 0. The van der Waals surface area contributed by atoms with Crippen LogP contribution in [0.15, 0.2) is 60.7 Å². The molecule has 0 aromatic heterocycles. The number of rotatable bonds is 4. The van der Waals surface area contributed by atoms with Gasteiger partial charge in [0, 0.05) is 13.1 Å². The summed E-state index contributed by atoms with van der Waals surface area (Å²) in [7, 11) is 0. The van der Waals surface area contributed by atoms with E-state index in [9.17, 15) is 5.11 Å². The lowest BCUT2D eigenvalue weighted by molar-refractivity contribution is -0.0632. The zero-order chi connectivity index (χ0) is 14.5. The Bertz CT molecular complexity index is 544. The van der Waals surface area contributed by atoms with E-state index in [1.807, 2.05) is 36.4 Å². The van der Waals surface area contributed by atoms with Gasteiger partial charge in [-0.05, 0) is 11.1 Å². The first-order chi connectivity index (χ1) is 10.3. The highest BCUT2D eigenvalue weighted by Gasteiger charge is 2.30. The van der Waals surface area contributed by atoms with Gasteiger partial charge in [0.05, 0.1) is 25.4 Å². The van der Waals surface area contributed by atoms with Crippen molar-refractivity contribution in [3.05, 3.63) is 71.8 Å². The van der Waals surface area contributed by atoms with Gasteiger partial charge < -0.3 is 9.84 Å². The zero-order valence-electron chi connectivity index (χ0n) is 12.1. The highest BCUT2D eigenvalue weighted by atomic mass is 16.5. The van der Waals surface area contributed by atoms with Gasteiger partial charge in [0.25, 0.3) is 0 Å². The third kappa shape index (κ3) is 3.50. The Morgan fingerprint density at radius 2 is 1.71 bits per heavy atom. The monoisotopic (exact) mass is 283 g/mol. The predicted octanol–water partition coefficient (Wildman–Crippen LogP) is 2.62. The van der Waals surface area contributed by atoms with Crippen LogP contribution >= 0.6 is 0 Å². The molecular formula is C18H21NO2. The fraction of sp³-hybridized carbons (Fsp3) is 0.333. The molecule has 3 rings (SSSR count). The lowest BCUT2D eigenvalue weighted by Crippen LogP contribution is -2.48. The topological polar surface area (TPSA) is 32.7 Å². The predicted molar refractivity (Wildman–Crippen MR) is 82.9 cm³/mol. The van der Waals surface area contributed by atoms with E-state index in [4.69, 9.17) is 4.74 Å². The van der Waals surface area contributed by atoms with Crippen molar-refractivity contribution in [1.82, 2.24) is 4.90 Å². The van der Waals surface area contributed by atoms with Gasteiger partial charge in [-0.1, -0.05) is 60.7 Å². The summed E-state index contributed by atoms with van der Waals surface area (Å²) in [6, 6.07) is 20.2. The van der Waals surface area contributed by atoms with Crippen LogP contribution in [-0.2, 0) is 11.3 Å². The molecule has 1 heterocycles. The van der Waals surface area contributed by atoms with E-state index in [-0.39, 0.29) is 6.04 Å². The number of morpholine rings is 1. The summed E-state index contributed by atoms with van der Waals surface area (Å²) in [4.78, 5) is 2.32. The van der Waals surface area contributed by atoms with E-state index < -0.39 is 6.10 Å². The maximum absolute atomic E-state index is 10.7. The van der Waals surface area contributed by atoms with Gasteiger partial charge in [-0.25, -0.2) is 0 Å². The van der Waals surface area contributed by atoms with E-state index in [0.717, 1.165) is 25.3 Å². The number of nitrogens with zero attached hydrogens (tertiary/aromatic N) is 1. The maximum Gasteiger partial charge on any atom is 0.0967 e. The second-order valence-corrected chi connectivity index (χ2v) is 5.45. The number of aliphatic hydroxyl groups is 1. The fourth-order valence-corrected chi connectivity index (χ4v) is 2.83. The van der Waals surface area contributed by atoms with Crippen molar-refractivity contribution in [2.45, 2.75) is 18.7 Å². The standard InChI is InChI=1S/C18H21NO2/c20-18(16-9-5-2-6-10-16)17-14-21-12-11-19(17)13-15-7-3-1-4-8-15/h1-10,17-18,20H,11-14H2/t17?,18-/m0/s1. The summed E-state index contributed by atoms with van der Waals surface area (Å²) in [6.45, 7) is 3.00. The van der Waals surface area contributed by atoms with Gasteiger partial charge in [-0.2, -0.15) is 0 Å². The summed E-state index contributed by atoms with van der Waals surface area (Å²) in [5, 5.41) is 10.7. The molecule has 3 heteroatoms. The number of aliphatic hydroxyl groups excluding tert-OH is 1. The van der Waals surface area contributed by atoms with Crippen molar-refractivity contribution < 1.29 is 9.84 Å². The summed E-state index contributed by atoms with van der Waals surface area (Å²) in [6.07, 6.45) is -0.518. The van der Waals surface area contributed by atoms with E-state index in [2.05, 4.69) is 29.2 Å². The average molecular weight is 283 g/mol. The smallest absolute Gasteiger partial charge is 0.0967 e. The van der Waals surface area contributed by atoms with Crippen LogP contribution in [0.5, 0.6) is 0 Å². The van der Waals surface area contributed by atoms with Crippen molar-refractivity contribution in [3.8, 4) is 0 Å². The Morgan fingerprint density at radius 1 is 1.05 bits per heavy atom. The first-order valence-electron chi connectivity index (χ1n) is 7.43. The van der Waals surface area contributed by atoms with Crippen molar-refractivity contribution in [1.29, 1.82) is 0 Å². The molecule has 1 aliphatic heterocycles. The van der Waals surface area contributed by atoms with Crippen molar-refractivity contribution >= 4 is 0 Å². The van der Waals surface area contributed by atoms with Gasteiger partial charge in [0.15, 0.2) is 0 Å². The highest BCUT2D eigenvalue weighted by Crippen LogP contribution is 2.24. The normalized spacial score (nSPS) is 21.1. The maximum atomic E-state index is 10.7. The van der Waals surface area contributed by atoms with Gasteiger partial charge in [-0.3, -0.25) is 4.90 Å². The second-order valence-electron chi connectivity index (χ2n) is 5.45. The molecule has 1 N–H and O–H groups in total. The van der Waals surface area contributed by atoms with Crippen LogP contribution in [-0.4, -0.2) is 35.8 Å². The molecule has 0 aliphatic carbocycles. The summed E-state index contributed by atoms with van der Waals surface area (Å²) < 4.78 is 5.59. The van der Waals surface area contributed by atoms with Crippen LogP contribution in [0.1, 0.15) is 17.2 Å². The minimum absolute atomic E-state index is 0.00126. The Morgan fingerprint density at radius 3 is 2.43 bits per heavy atom. The molecule has 21 heavy (non-hydrogen) atoms. The Hall–Kier alpha value is -1.68. The lowest BCUT2D eigenvalue weighted by Gasteiger charge is -2.38. The number of benzene rings is 2. The Balaban J connectivity index is 1.75. The molecule has 1 saturated heterocycles. The van der Waals surface area contributed by atoms with Gasteiger partial charge in [-0.15, -0.1) is 0 Å². The van der Waals surface area contributed by atoms with E-state index in [1.54, 1.807) is 0 Å². The van der Waals surface area contributed by atoms with Crippen molar-refractivity contribution in [2.24, 2.45) is 0 Å². The third-order valence-electron chi connectivity index (χ3n) is 4.01. The molecule has 0 spiro atoms. The van der Waals surface area contributed by atoms with Crippen molar-refractivity contribution in [2.75, 3.05) is 19.8 Å². The van der Waals surface area contributed by atoms with Crippen LogP contribution in [0.25, 0.3) is 0 Å².